The number of piperidine rings is 1. The van der Waals surface area contributed by atoms with Crippen molar-refractivity contribution in [1.82, 2.24) is 10.2 Å². The van der Waals surface area contributed by atoms with Crippen molar-refractivity contribution in [3.63, 3.8) is 0 Å². The van der Waals surface area contributed by atoms with E-state index in [1.807, 2.05) is 13.1 Å². The van der Waals surface area contributed by atoms with Crippen LogP contribution in [0.25, 0.3) is 0 Å². The van der Waals surface area contributed by atoms with Crippen molar-refractivity contribution in [2.75, 3.05) is 20.1 Å². The van der Waals surface area contributed by atoms with E-state index in [2.05, 4.69) is 15.2 Å². The summed E-state index contributed by atoms with van der Waals surface area (Å²) in [6, 6.07) is 3.38. The summed E-state index contributed by atoms with van der Waals surface area (Å²) in [5.41, 5.74) is 0.454. The molecule has 9 heteroatoms. The van der Waals surface area contributed by atoms with Crippen LogP contribution in [0.3, 0.4) is 0 Å². The highest BCUT2D eigenvalue weighted by molar-refractivity contribution is 14.0. The van der Waals surface area contributed by atoms with Crippen LogP contribution >= 0.6 is 35.3 Å². The summed E-state index contributed by atoms with van der Waals surface area (Å²) in [7, 11) is -1.80. The summed E-state index contributed by atoms with van der Waals surface area (Å²) in [6.45, 7) is 2.68. The van der Waals surface area contributed by atoms with E-state index in [1.165, 1.54) is 62.7 Å². The lowest BCUT2D eigenvalue weighted by atomic mass is 9.74. The average Bonchev–Trinajstić information content (AvgIpc) is 2.98. The molecule has 27 heavy (non-hydrogen) atoms. The maximum atomic E-state index is 11.4. The molecular weight excluding hydrogens is 495 g/mol. The molecule has 1 spiro atoms. The molecule has 0 unspecified atom stereocenters. The van der Waals surface area contributed by atoms with E-state index in [4.69, 9.17) is 5.14 Å². The number of nitrogens with one attached hydrogen (secondary N) is 1. The molecule has 3 rings (SSSR count). The highest BCUT2D eigenvalue weighted by Gasteiger charge is 2.36. The number of nitrogens with two attached hydrogens (primary N) is 1. The van der Waals surface area contributed by atoms with Crippen LogP contribution in [0.15, 0.2) is 21.3 Å². The van der Waals surface area contributed by atoms with Gasteiger partial charge in [0.1, 0.15) is 4.21 Å². The zero-order valence-corrected chi connectivity index (χ0v) is 19.9. The maximum absolute atomic E-state index is 11.4. The molecule has 0 atom stereocenters. The number of guanidine groups is 1. The fraction of sp³-hybridized carbons (Fsp3) is 0.722. The van der Waals surface area contributed by atoms with Gasteiger partial charge in [-0.3, -0.25) is 4.99 Å². The molecule has 2 aliphatic rings. The fourth-order valence-electron chi connectivity index (χ4n) is 4.38. The second-order valence-electron chi connectivity index (χ2n) is 7.61. The van der Waals surface area contributed by atoms with Gasteiger partial charge >= 0.3 is 0 Å². The smallest absolute Gasteiger partial charge is 0.247 e. The van der Waals surface area contributed by atoms with Gasteiger partial charge in [0.05, 0.1) is 6.54 Å². The van der Waals surface area contributed by atoms with Crippen LogP contribution in [-0.4, -0.2) is 39.4 Å². The van der Waals surface area contributed by atoms with Gasteiger partial charge in [-0.15, -0.1) is 35.3 Å². The minimum absolute atomic E-state index is 0. The predicted octanol–water partition coefficient (Wildman–Crippen LogP) is 3.53. The predicted molar refractivity (Wildman–Crippen MR) is 122 cm³/mol. The van der Waals surface area contributed by atoms with Crippen LogP contribution in [0.1, 0.15) is 56.2 Å². The molecule has 0 bridgehead atoms. The standard InChI is InChI=1S/C18H30N4O2S2.HI/c1-20-17(21-13-15-7-8-16(25-15)26(19,23)24)22-12-6-11-18(14-22)9-4-2-3-5-10-18;/h7-8H,2-6,9-14H2,1H3,(H,20,21)(H2,19,23,24);1H. The first-order valence-corrected chi connectivity index (χ1v) is 11.9. The van der Waals surface area contributed by atoms with Crippen LogP contribution in [0.5, 0.6) is 0 Å². The fourth-order valence-corrected chi connectivity index (χ4v) is 6.10. The average molecular weight is 527 g/mol. The van der Waals surface area contributed by atoms with E-state index in [-0.39, 0.29) is 28.2 Å². The van der Waals surface area contributed by atoms with Crippen molar-refractivity contribution in [1.29, 1.82) is 0 Å². The van der Waals surface area contributed by atoms with Gasteiger partial charge in [0.2, 0.25) is 10.0 Å². The van der Waals surface area contributed by atoms with E-state index >= 15 is 0 Å². The largest absolute Gasteiger partial charge is 0.351 e. The lowest BCUT2D eigenvalue weighted by Crippen LogP contribution is -2.50. The van der Waals surface area contributed by atoms with Crippen LogP contribution < -0.4 is 10.5 Å². The molecule has 6 nitrogen and oxygen atoms in total. The SMILES string of the molecule is CN=C(NCc1ccc(S(N)(=O)=O)s1)N1CCCC2(CCCCCC2)C1.I. The number of nitrogens with zero attached hydrogens (tertiary/aromatic N) is 2. The van der Waals surface area contributed by atoms with Crippen LogP contribution in [-0.2, 0) is 16.6 Å². The Kier molecular flexibility index (Phi) is 8.38. The van der Waals surface area contributed by atoms with Crippen molar-refractivity contribution >= 4 is 51.3 Å². The summed E-state index contributed by atoms with van der Waals surface area (Å²) in [5, 5.41) is 8.60. The number of rotatable bonds is 3. The third-order valence-corrected chi connectivity index (χ3v) is 8.20. The third kappa shape index (κ3) is 6.04. The normalized spacial score (nSPS) is 20.8. The van der Waals surface area contributed by atoms with E-state index < -0.39 is 10.0 Å². The summed E-state index contributed by atoms with van der Waals surface area (Å²) in [6.07, 6.45) is 10.7. The van der Waals surface area contributed by atoms with E-state index in [0.717, 1.165) is 23.9 Å². The Hall–Kier alpha value is -0.390. The van der Waals surface area contributed by atoms with Crippen LogP contribution in [0.4, 0.5) is 0 Å². The lowest BCUT2D eigenvalue weighted by molar-refractivity contribution is 0.115. The molecule has 1 aromatic heterocycles. The second-order valence-corrected chi connectivity index (χ2v) is 10.6. The number of halogens is 1. The molecule has 2 heterocycles. The van der Waals surface area contributed by atoms with Crippen LogP contribution in [0, 0.1) is 5.41 Å². The number of likely N-dealkylation sites (tertiary alicyclic amines) is 1. The van der Waals surface area contributed by atoms with Gasteiger partial charge in [-0.05, 0) is 43.2 Å². The monoisotopic (exact) mass is 526 g/mol. The molecule has 0 aromatic carbocycles. The van der Waals surface area contributed by atoms with Gasteiger partial charge in [0.15, 0.2) is 5.96 Å². The van der Waals surface area contributed by atoms with Gasteiger partial charge in [-0.1, -0.05) is 25.7 Å². The van der Waals surface area contributed by atoms with Gasteiger partial charge in [0, 0.05) is 25.0 Å². The molecular formula is C18H31IN4O2S2. The molecule has 1 aromatic rings. The number of aliphatic imine (C=N–C) groups is 1. The molecule has 1 saturated carbocycles. The Labute approximate surface area is 184 Å². The van der Waals surface area contributed by atoms with Crippen molar-refractivity contribution in [2.45, 2.75) is 62.1 Å². The molecule has 1 aliphatic heterocycles. The summed E-state index contributed by atoms with van der Waals surface area (Å²) in [5.74, 6) is 0.916. The summed E-state index contributed by atoms with van der Waals surface area (Å²) < 4.78 is 23.1. The van der Waals surface area contributed by atoms with E-state index in [0.29, 0.717) is 12.0 Å². The number of hydrogen-bond acceptors (Lipinski definition) is 4. The maximum Gasteiger partial charge on any atom is 0.247 e. The topological polar surface area (TPSA) is 87.8 Å². The molecule has 1 aliphatic carbocycles. The summed E-state index contributed by atoms with van der Waals surface area (Å²) in [4.78, 5) is 7.81. The Morgan fingerprint density at radius 3 is 2.48 bits per heavy atom. The van der Waals surface area contributed by atoms with Gasteiger partial charge in [-0.2, -0.15) is 0 Å². The first-order chi connectivity index (χ1) is 12.4. The van der Waals surface area contributed by atoms with Gasteiger partial charge in [0.25, 0.3) is 0 Å². The number of hydrogen-bond donors (Lipinski definition) is 2. The van der Waals surface area contributed by atoms with Crippen molar-refractivity contribution in [3.8, 4) is 0 Å². The molecule has 0 amide bonds. The third-order valence-electron chi connectivity index (χ3n) is 5.68. The van der Waals surface area contributed by atoms with E-state index in [9.17, 15) is 8.42 Å². The first kappa shape index (κ1) is 22.9. The molecule has 2 fully saturated rings. The van der Waals surface area contributed by atoms with Crippen molar-refractivity contribution < 1.29 is 8.42 Å². The quantitative estimate of drug-likeness (QED) is 0.359. The van der Waals surface area contributed by atoms with Crippen molar-refractivity contribution in [3.05, 3.63) is 17.0 Å². The zero-order chi connectivity index (χ0) is 18.6. The highest BCUT2D eigenvalue weighted by Crippen LogP contribution is 2.42. The molecule has 154 valence electrons. The molecule has 3 N–H and O–H groups in total. The van der Waals surface area contributed by atoms with E-state index in [1.54, 1.807) is 6.07 Å². The Bertz CT molecular complexity index is 740. The van der Waals surface area contributed by atoms with Crippen molar-refractivity contribution in [2.24, 2.45) is 15.5 Å². The first-order valence-electron chi connectivity index (χ1n) is 9.49. The Morgan fingerprint density at radius 2 is 1.89 bits per heavy atom. The number of sulfonamides is 1. The minimum atomic E-state index is -3.62. The minimum Gasteiger partial charge on any atom is -0.351 e. The van der Waals surface area contributed by atoms with Gasteiger partial charge in [-0.25, -0.2) is 13.6 Å². The Balaban J connectivity index is 0.00000261. The highest BCUT2D eigenvalue weighted by atomic mass is 127. The molecule has 0 radical (unpaired) electrons. The zero-order valence-electron chi connectivity index (χ0n) is 15.9. The second kappa shape index (κ2) is 9.89. The van der Waals surface area contributed by atoms with Crippen LogP contribution in [0.2, 0.25) is 0 Å². The number of primary sulfonamides is 1. The lowest BCUT2D eigenvalue weighted by Gasteiger charge is -2.44. The summed E-state index contributed by atoms with van der Waals surface area (Å²) >= 11 is 1.21. The Morgan fingerprint density at radius 1 is 1.22 bits per heavy atom. The molecule has 1 saturated heterocycles. The number of thiophene rings is 1. The van der Waals surface area contributed by atoms with Gasteiger partial charge < -0.3 is 10.2 Å².